The van der Waals surface area contributed by atoms with Crippen LogP contribution in [0.25, 0.3) is 0 Å². The molecule has 4 fully saturated rings. The third-order valence-electron chi connectivity index (χ3n) is 6.87. The van der Waals surface area contributed by atoms with Crippen molar-refractivity contribution in [2.75, 3.05) is 7.05 Å². The first-order chi connectivity index (χ1) is 12.6. The number of hydrogen-bond donors (Lipinski definition) is 1. The lowest BCUT2D eigenvalue weighted by Crippen LogP contribution is -2.57. The second-order valence-electron chi connectivity index (χ2n) is 8.75. The van der Waals surface area contributed by atoms with Gasteiger partial charge in [-0.25, -0.2) is 4.98 Å². The summed E-state index contributed by atoms with van der Waals surface area (Å²) < 4.78 is 41.1. The molecule has 4 nitrogen and oxygen atoms in total. The summed E-state index contributed by atoms with van der Waals surface area (Å²) in [6.07, 6.45) is -0.404. The number of carbonyl (C=O) groups excluding carboxylic acids is 1. The van der Waals surface area contributed by atoms with Gasteiger partial charge in [0.05, 0.1) is 6.42 Å². The number of carbonyl (C=O) groups is 1. The minimum Gasteiger partial charge on any atom is -0.374 e. The molecule has 4 bridgehead atoms. The Bertz CT molecular complexity index is 707. The van der Waals surface area contributed by atoms with Gasteiger partial charge in [-0.05, 0) is 62.7 Å². The number of rotatable bonds is 4. The molecule has 0 aromatic carbocycles. The van der Waals surface area contributed by atoms with Crippen LogP contribution in [0.3, 0.4) is 0 Å². The van der Waals surface area contributed by atoms with Gasteiger partial charge >= 0.3 is 6.18 Å². The van der Waals surface area contributed by atoms with Crippen molar-refractivity contribution in [3.05, 3.63) is 16.1 Å². The number of aryl methyl sites for hydroxylation is 1. The van der Waals surface area contributed by atoms with E-state index in [4.69, 9.17) is 0 Å². The Balaban J connectivity index is 1.55. The number of alkyl halides is 3. The standard InChI is InChI=1S/C19H25F3N2O2S/c1-10-9-27-17(23-10)18(26,19(20,21)22)8-15(25)24(2)16-13-4-11-3-12(6-13)7-14(16)5-11/h9,11-14,16,26H,3-8H2,1-2H3/t11?,12?,13?,14?,16?,18-/m1/s1. The van der Waals surface area contributed by atoms with E-state index in [-0.39, 0.29) is 6.04 Å². The van der Waals surface area contributed by atoms with Crippen molar-refractivity contribution >= 4 is 17.2 Å². The third kappa shape index (κ3) is 3.18. The van der Waals surface area contributed by atoms with Crippen LogP contribution in [0.5, 0.6) is 0 Å². The number of halogens is 3. The zero-order valence-electron chi connectivity index (χ0n) is 15.5. The van der Waals surface area contributed by atoms with Gasteiger partial charge in [0.15, 0.2) is 0 Å². The Labute approximate surface area is 160 Å². The molecule has 5 rings (SSSR count). The molecule has 1 N–H and O–H groups in total. The quantitative estimate of drug-likeness (QED) is 0.832. The van der Waals surface area contributed by atoms with Gasteiger partial charge in [0.25, 0.3) is 0 Å². The zero-order chi connectivity index (χ0) is 19.6. The van der Waals surface area contributed by atoms with E-state index in [0.29, 0.717) is 17.5 Å². The molecule has 1 aromatic rings. The molecule has 150 valence electrons. The maximum absolute atomic E-state index is 13.7. The van der Waals surface area contributed by atoms with Crippen molar-refractivity contribution in [1.82, 2.24) is 9.88 Å². The van der Waals surface area contributed by atoms with Crippen molar-refractivity contribution in [2.24, 2.45) is 23.7 Å². The summed E-state index contributed by atoms with van der Waals surface area (Å²) in [5, 5.41) is 11.5. The second kappa shape index (κ2) is 6.44. The first kappa shape index (κ1) is 19.2. The topological polar surface area (TPSA) is 53.4 Å². The van der Waals surface area contributed by atoms with E-state index in [1.807, 2.05) is 0 Å². The van der Waals surface area contributed by atoms with Crippen LogP contribution < -0.4 is 0 Å². The van der Waals surface area contributed by atoms with Crippen LogP contribution in [-0.4, -0.2) is 40.2 Å². The summed E-state index contributed by atoms with van der Waals surface area (Å²) in [5.74, 6) is 1.56. The summed E-state index contributed by atoms with van der Waals surface area (Å²) in [5.41, 5.74) is -2.83. The van der Waals surface area contributed by atoms with Crippen molar-refractivity contribution < 1.29 is 23.1 Å². The summed E-state index contributed by atoms with van der Waals surface area (Å²) in [4.78, 5) is 18.2. The largest absolute Gasteiger partial charge is 0.424 e. The zero-order valence-corrected chi connectivity index (χ0v) is 16.3. The summed E-state index contributed by atoms with van der Waals surface area (Å²) in [7, 11) is 1.61. The first-order valence-electron chi connectivity index (χ1n) is 9.56. The molecule has 27 heavy (non-hydrogen) atoms. The molecular weight excluding hydrogens is 377 g/mol. The van der Waals surface area contributed by atoms with E-state index < -0.39 is 29.1 Å². The highest BCUT2D eigenvalue weighted by molar-refractivity contribution is 7.09. The van der Waals surface area contributed by atoms with E-state index in [1.54, 1.807) is 14.0 Å². The number of thiazole rings is 1. The summed E-state index contributed by atoms with van der Waals surface area (Å²) in [6.45, 7) is 1.57. The van der Waals surface area contributed by atoms with Crippen LogP contribution in [0.1, 0.15) is 49.2 Å². The molecule has 0 spiro atoms. The van der Waals surface area contributed by atoms with E-state index in [0.717, 1.165) is 48.9 Å². The molecule has 1 aromatic heterocycles. The molecule has 4 aliphatic carbocycles. The highest BCUT2D eigenvalue weighted by Gasteiger charge is 2.59. The van der Waals surface area contributed by atoms with Crippen molar-refractivity contribution in [3.8, 4) is 0 Å². The van der Waals surface area contributed by atoms with Crippen molar-refractivity contribution in [2.45, 2.75) is 63.3 Å². The van der Waals surface area contributed by atoms with Gasteiger partial charge in [0.1, 0.15) is 5.01 Å². The van der Waals surface area contributed by atoms with Crippen LogP contribution in [0.2, 0.25) is 0 Å². The molecule has 1 atom stereocenters. The van der Waals surface area contributed by atoms with Crippen molar-refractivity contribution in [3.63, 3.8) is 0 Å². The second-order valence-corrected chi connectivity index (χ2v) is 9.61. The Hall–Kier alpha value is -1.15. The summed E-state index contributed by atoms with van der Waals surface area (Å²) >= 11 is 0.744. The SMILES string of the molecule is Cc1csc([C@](O)(CC(=O)N(C)C2C3CC4CC(C3)CC2C4)C(F)(F)F)n1. The van der Waals surface area contributed by atoms with Crippen molar-refractivity contribution in [1.29, 1.82) is 0 Å². The molecule has 8 heteroatoms. The van der Waals surface area contributed by atoms with Gasteiger partial charge in [0, 0.05) is 24.2 Å². The van der Waals surface area contributed by atoms with Gasteiger partial charge in [0.2, 0.25) is 11.5 Å². The fraction of sp³-hybridized carbons (Fsp3) is 0.789. The molecule has 1 amide bonds. The van der Waals surface area contributed by atoms with Crippen LogP contribution in [0.4, 0.5) is 13.2 Å². The van der Waals surface area contributed by atoms with E-state index in [1.165, 1.54) is 16.7 Å². The normalized spacial score (nSPS) is 34.5. The minimum absolute atomic E-state index is 0.000754. The molecule has 0 unspecified atom stereocenters. The average Bonchev–Trinajstić information content (AvgIpc) is 2.99. The number of hydrogen-bond acceptors (Lipinski definition) is 4. The van der Waals surface area contributed by atoms with Crippen LogP contribution >= 0.6 is 11.3 Å². The lowest BCUT2D eigenvalue weighted by atomic mass is 9.54. The lowest BCUT2D eigenvalue weighted by molar-refractivity contribution is -0.268. The Kier molecular flexibility index (Phi) is 4.57. The first-order valence-corrected chi connectivity index (χ1v) is 10.4. The Morgan fingerprint density at radius 2 is 1.78 bits per heavy atom. The van der Waals surface area contributed by atoms with E-state index in [2.05, 4.69) is 4.98 Å². The summed E-state index contributed by atoms with van der Waals surface area (Å²) in [6, 6.07) is 0.000754. The van der Waals surface area contributed by atoms with Gasteiger partial charge in [-0.1, -0.05) is 0 Å². The Morgan fingerprint density at radius 3 is 2.22 bits per heavy atom. The predicted octanol–water partition coefficient (Wildman–Crippen LogP) is 3.87. The van der Waals surface area contributed by atoms with E-state index >= 15 is 0 Å². The number of aliphatic hydroxyl groups is 1. The molecule has 0 aliphatic heterocycles. The molecular formula is C19H25F3N2O2S. The van der Waals surface area contributed by atoms with Crippen LogP contribution in [0, 0.1) is 30.6 Å². The van der Waals surface area contributed by atoms with Gasteiger partial charge in [-0.3, -0.25) is 4.79 Å². The number of amides is 1. The lowest BCUT2D eigenvalue weighted by Gasteiger charge is -2.56. The minimum atomic E-state index is -4.96. The molecule has 4 aliphatic rings. The smallest absolute Gasteiger partial charge is 0.374 e. The molecule has 1 heterocycles. The van der Waals surface area contributed by atoms with E-state index in [9.17, 15) is 23.1 Å². The molecule has 0 radical (unpaired) electrons. The highest BCUT2D eigenvalue weighted by Crippen LogP contribution is 2.55. The maximum Gasteiger partial charge on any atom is 0.424 e. The number of aromatic nitrogens is 1. The Morgan fingerprint density at radius 1 is 1.22 bits per heavy atom. The average molecular weight is 402 g/mol. The van der Waals surface area contributed by atoms with Gasteiger partial charge < -0.3 is 10.0 Å². The fourth-order valence-electron chi connectivity index (χ4n) is 5.88. The van der Waals surface area contributed by atoms with Crippen LogP contribution in [0.15, 0.2) is 5.38 Å². The highest BCUT2D eigenvalue weighted by atomic mass is 32.1. The molecule has 0 saturated heterocycles. The molecule has 4 saturated carbocycles. The predicted molar refractivity (Wildman–Crippen MR) is 95.0 cm³/mol. The van der Waals surface area contributed by atoms with Gasteiger partial charge in [-0.15, -0.1) is 11.3 Å². The monoisotopic (exact) mass is 402 g/mol. The van der Waals surface area contributed by atoms with Crippen LogP contribution in [-0.2, 0) is 10.4 Å². The maximum atomic E-state index is 13.7. The third-order valence-corrected chi connectivity index (χ3v) is 7.98. The fourth-order valence-corrected chi connectivity index (χ4v) is 6.79. The number of nitrogens with zero attached hydrogens (tertiary/aromatic N) is 2. The van der Waals surface area contributed by atoms with Gasteiger partial charge in [-0.2, -0.15) is 13.2 Å².